The molecule has 1 aliphatic heterocycles. The van der Waals surface area contributed by atoms with Crippen molar-refractivity contribution in [2.24, 2.45) is 11.3 Å². The van der Waals surface area contributed by atoms with Gasteiger partial charge in [0.1, 0.15) is 11.9 Å². The monoisotopic (exact) mass is 377 g/mol. The Balaban J connectivity index is 1.72. The Morgan fingerprint density at radius 1 is 1.31 bits per heavy atom. The summed E-state index contributed by atoms with van der Waals surface area (Å²) in [5.74, 6) is 0.695. The van der Waals surface area contributed by atoms with E-state index in [1.807, 2.05) is 12.1 Å². The molecule has 140 valence electrons. The topological polar surface area (TPSA) is 55.8 Å². The minimum Gasteiger partial charge on any atom is -0.497 e. The molecular formula is C20H24ClNO4. The molecule has 4 rings (SSSR count). The summed E-state index contributed by atoms with van der Waals surface area (Å²) in [5, 5.41) is 0. The van der Waals surface area contributed by atoms with Gasteiger partial charge in [-0.15, -0.1) is 0 Å². The first-order chi connectivity index (χ1) is 12.4. The highest BCUT2D eigenvalue weighted by Crippen LogP contribution is 2.59. The van der Waals surface area contributed by atoms with Crippen molar-refractivity contribution in [2.75, 3.05) is 7.11 Å². The van der Waals surface area contributed by atoms with Crippen molar-refractivity contribution in [1.29, 1.82) is 0 Å². The van der Waals surface area contributed by atoms with Crippen molar-refractivity contribution in [1.82, 2.24) is 4.42 Å². The van der Waals surface area contributed by atoms with Gasteiger partial charge in [-0.1, -0.05) is 13.0 Å². The van der Waals surface area contributed by atoms with Gasteiger partial charge in [0.25, 0.3) is 5.91 Å². The molecule has 2 fully saturated rings. The van der Waals surface area contributed by atoms with Crippen LogP contribution in [0.15, 0.2) is 18.2 Å². The second-order valence-electron chi connectivity index (χ2n) is 7.99. The standard InChI is InChI=1S/C20H24ClNO4/c1-11(23)26-17-7-6-16-18-14(8-9-20(16,17)2)13-5-4-12(25-3)10-15(13)19(24)22(18)21/h4-5,10,14,16-18H,6-9H2,1-3H3/t14-,16+,17+,18-,20+/m1/s1. The predicted octanol–water partition coefficient (Wildman–Crippen LogP) is 3.90. The Kier molecular flexibility index (Phi) is 4.18. The molecule has 1 aromatic carbocycles. The molecule has 2 saturated carbocycles. The van der Waals surface area contributed by atoms with Crippen molar-refractivity contribution in [3.8, 4) is 5.75 Å². The summed E-state index contributed by atoms with van der Waals surface area (Å²) in [6.07, 6.45) is 3.53. The summed E-state index contributed by atoms with van der Waals surface area (Å²) in [5.41, 5.74) is 1.57. The second kappa shape index (κ2) is 6.15. The molecule has 26 heavy (non-hydrogen) atoms. The maximum atomic E-state index is 12.9. The van der Waals surface area contributed by atoms with E-state index >= 15 is 0 Å². The summed E-state index contributed by atoms with van der Waals surface area (Å²) in [7, 11) is 1.59. The van der Waals surface area contributed by atoms with Crippen LogP contribution in [0, 0.1) is 11.3 Å². The molecule has 0 radical (unpaired) electrons. The third-order valence-electron chi connectivity index (χ3n) is 6.80. The van der Waals surface area contributed by atoms with Gasteiger partial charge in [-0.3, -0.25) is 9.59 Å². The van der Waals surface area contributed by atoms with Crippen LogP contribution >= 0.6 is 11.8 Å². The van der Waals surface area contributed by atoms with E-state index < -0.39 is 0 Å². The Labute approximate surface area is 158 Å². The lowest BCUT2D eigenvalue weighted by Crippen LogP contribution is -2.55. The molecule has 1 aromatic rings. The fourth-order valence-corrected chi connectivity index (χ4v) is 5.89. The zero-order valence-corrected chi connectivity index (χ0v) is 16.1. The quantitative estimate of drug-likeness (QED) is 0.579. The second-order valence-corrected chi connectivity index (χ2v) is 8.36. The van der Waals surface area contributed by atoms with E-state index in [0.29, 0.717) is 11.3 Å². The van der Waals surface area contributed by atoms with Crippen LogP contribution in [0.1, 0.15) is 61.4 Å². The van der Waals surface area contributed by atoms with Crippen molar-refractivity contribution in [2.45, 2.75) is 57.6 Å². The molecule has 0 bridgehead atoms. The van der Waals surface area contributed by atoms with Crippen LogP contribution in [0.2, 0.25) is 0 Å². The molecule has 0 N–H and O–H groups in total. The fourth-order valence-electron chi connectivity index (χ4n) is 5.52. The Morgan fingerprint density at radius 3 is 2.77 bits per heavy atom. The average molecular weight is 378 g/mol. The van der Waals surface area contributed by atoms with E-state index in [4.69, 9.17) is 21.3 Å². The number of halogens is 1. The van der Waals surface area contributed by atoms with Crippen molar-refractivity contribution in [3.05, 3.63) is 29.3 Å². The van der Waals surface area contributed by atoms with Gasteiger partial charge in [0, 0.05) is 35.6 Å². The number of hydrogen-bond acceptors (Lipinski definition) is 4. The van der Waals surface area contributed by atoms with Crippen molar-refractivity contribution in [3.63, 3.8) is 0 Å². The van der Waals surface area contributed by atoms with Gasteiger partial charge in [-0.25, -0.2) is 4.42 Å². The molecule has 5 atom stereocenters. The molecule has 2 aliphatic carbocycles. The van der Waals surface area contributed by atoms with E-state index in [0.717, 1.165) is 31.2 Å². The zero-order chi connectivity index (χ0) is 18.6. The summed E-state index contributed by atoms with van der Waals surface area (Å²) < 4.78 is 12.3. The summed E-state index contributed by atoms with van der Waals surface area (Å²) in [6, 6.07) is 5.64. The van der Waals surface area contributed by atoms with E-state index in [1.54, 1.807) is 13.2 Å². The number of esters is 1. The number of carbonyl (C=O) groups excluding carboxylic acids is 2. The van der Waals surface area contributed by atoms with Crippen molar-refractivity contribution < 1.29 is 19.1 Å². The zero-order valence-electron chi connectivity index (χ0n) is 15.3. The molecule has 1 amide bonds. The number of amides is 1. The normalized spacial score (nSPS) is 35.4. The van der Waals surface area contributed by atoms with Crippen LogP contribution in [0.3, 0.4) is 0 Å². The third kappa shape index (κ3) is 2.43. The molecule has 0 saturated heterocycles. The lowest BCUT2D eigenvalue weighted by molar-refractivity contribution is -0.154. The highest BCUT2D eigenvalue weighted by atomic mass is 35.5. The molecule has 6 heteroatoms. The number of rotatable bonds is 2. The number of hydrogen-bond donors (Lipinski definition) is 0. The largest absolute Gasteiger partial charge is 0.497 e. The van der Waals surface area contributed by atoms with Gasteiger partial charge in [0.2, 0.25) is 0 Å². The van der Waals surface area contributed by atoms with E-state index in [-0.39, 0.29) is 41.3 Å². The number of benzene rings is 1. The summed E-state index contributed by atoms with van der Waals surface area (Å²) in [4.78, 5) is 24.5. The Bertz CT molecular complexity index is 766. The van der Waals surface area contributed by atoms with E-state index in [1.165, 1.54) is 11.3 Å². The van der Waals surface area contributed by atoms with Crippen LogP contribution in [-0.2, 0) is 9.53 Å². The molecule has 1 heterocycles. The van der Waals surface area contributed by atoms with E-state index in [2.05, 4.69) is 6.92 Å². The molecule has 3 aliphatic rings. The lowest BCUT2D eigenvalue weighted by atomic mass is 9.60. The van der Waals surface area contributed by atoms with Gasteiger partial charge < -0.3 is 9.47 Å². The van der Waals surface area contributed by atoms with Gasteiger partial charge in [0.15, 0.2) is 0 Å². The fraction of sp³-hybridized carbons (Fsp3) is 0.600. The minimum atomic E-state index is -0.237. The maximum Gasteiger partial charge on any atom is 0.302 e. The highest BCUT2D eigenvalue weighted by Gasteiger charge is 2.59. The third-order valence-corrected chi connectivity index (χ3v) is 7.17. The first-order valence-electron chi connectivity index (χ1n) is 9.21. The number of methoxy groups -OCH3 is 1. The maximum absolute atomic E-state index is 12.9. The smallest absolute Gasteiger partial charge is 0.302 e. The number of nitrogens with zero attached hydrogens (tertiary/aromatic N) is 1. The number of fused-ring (bicyclic) bond motifs is 5. The predicted molar refractivity (Wildman–Crippen MR) is 97.2 cm³/mol. The van der Waals surface area contributed by atoms with Crippen LogP contribution < -0.4 is 4.74 Å². The van der Waals surface area contributed by atoms with Gasteiger partial charge in [-0.2, -0.15) is 0 Å². The van der Waals surface area contributed by atoms with Gasteiger partial charge >= 0.3 is 5.97 Å². The number of carbonyl (C=O) groups is 2. The van der Waals surface area contributed by atoms with Crippen LogP contribution in [0.4, 0.5) is 0 Å². The SMILES string of the molecule is COc1ccc2c(c1)C(=O)N(Cl)[C@@H]1[C@@H]2CC[C@]2(C)[C@@H](OC(C)=O)CC[C@@H]12. The van der Waals surface area contributed by atoms with E-state index in [9.17, 15) is 9.59 Å². The number of ether oxygens (including phenoxy) is 2. The van der Waals surface area contributed by atoms with Crippen LogP contribution in [-0.4, -0.2) is 35.6 Å². The molecule has 0 unspecified atom stereocenters. The van der Waals surface area contributed by atoms with Crippen LogP contribution in [0.5, 0.6) is 5.75 Å². The minimum absolute atomic E-state index is 0.0654. The van der Waals surface area contributed by atoms with Gasteiger partial charge in [0.05, 0.1) is 13.2 Å². The van der Waals surface area contributed by atoms with Crippen molar-refractivity contribution >= 4 is 23.7 Å². The molecule has 0 spiro atoms. The van der Waals surface area contributed by atoms with Crippen LogP contribution in [0.25, 0.3) is 0 Å². The Hall–Kier alpha value is -1.75. The molecule has 0 aromatic heterocycles. The molecule has 5 nitrogen and oxygen atoms in total. The lowest BCUT2D eigenvalue weighted by Gasteiger charge is -2.52. The Morgan fingerprint density at radius 2 is 2.08 bits per heavy atom. The summed E-state index contributed by atoms with van der Waals surface area (Å²) in [6.45, 7) is 3.65. The summed E-state index contributed by atoms with van der Waals surface area (Å²) >= 11 is 6.58. The van der Waals surface area contributed by atoms with Gasteiger partial charge in [-0.05, 0) is 49.3 Å². The first kappa shape index (κ1) is 17.7. The molecular weight excluding hydrogens is 354 g/mol. The highest BCUT2D eigenvalue weighted by molar-refractivity contribution is 6.25. The average Bonchev–Trinajstić information content (AvgIpc) is 2.94. The first-order valence-corrected chi connectivity index (χ1v) is 9.55.